The van der Waals surface area contributed by atoms with E-state index in [9.17, 15) is 4.79 Å². The van der Waals surface area contributed by atoms with Crippen molar-refractivity contribution >= 4 is 5.97 Å². The van der Waals surface area contributed by atoms with E-state index in [1.807, 2.05) is 24.6 Å². The second kappa shape index (κ2) is 4.07. The first kappa shape index (κ1) is 9.77. The lowest BCUT2D eigenvalue weighted by molar-refractivity contribution is -0.149. The number of hydrogen-bond acceptors (Lipinski definition) is 3. The number of nitrogens with zero attached hydrogens (tertiary/aromatic N) is 2. The number of aryl methyl sites for hydroxylation is 1. The predicted molar refractivity (Wildman–Crippen MR) is 48.1 cm³/mol. The molecule has 0 aliphatic rings. The van der Waals surface area contributed by atoms with Crippen LogP contribution in [0.3, 0.4) is 0 Å². The lowest BCUT2D eigenvalue weighted by atomic mass is 10.4. The number of carbonyl (C=O) groups excluding carboxylic acids is 1. The van der Waals surface area contributed by atoms with E-state index in [2.05, 4.69) is 4.98 Å². The minimum absolute atomic E-state index is 0.269. The molecule has 1 atom stereocenters. The fourth-order valence-corrected chi connectivity index (χ4v) is 1.25. The van der Waals surface area contributed by atoms with E-state index in [-0.39, 0.29) is 12.2 Å². The van der Waals surface area contributed by atoms with Crippen molar-refractivity contribution in [3.8, 4) is 0 Å². The van der Waals surface area contributed by atoms with Gasteiger partial charge in [0.1, 0.15) is 5.82 Å². The second-order valence-electron chi connectivity index (χ2n) is 2.81. The SMILES string of the molecule is CCc1nccn1C(C)OC(C)=O. The van der Waals surface area contributed by atoms with Gasteiger partial charge in [0, 0.05) is 25.7 Å². The van der Waals surface area contributed by atoms with Crippen molar-refractivity contribution in [3.63, 3.8) is 0 Å². The maximum Gasteiger partial charge on any atom is 0.304 e. The van der Waals surface area contributed by atoms with Crippen LogP contribution in [0.25, 0.3) is 0 Å². The first-order chi connectivity index (χ1) is 6.15. The molecule has 0 fully saturated rings. The van der Waals surface area contributed by atoms with Crippen LogP contribution in [-0.2, 0) is 16.0 Å². The summed E-state index contributed by atoms with van der Waals surface area (Å²) in [6.07, 6.45) is 4.08. The van der Waals surface area contributed by atoms with Crippen molar-refractivity contribution in [2.45, 2.75) is 33.4 Å². The fraction of sp³-hybridized carbons (Fsp3) is 0.556. The Labute approximate surface area is 77.5 Å². The number of ether oxygens (including phenoxy) is 1. The molecule has 1 heterocycles. The molecular formula is C9H14N2O2. The summed E-state index contributed by atoms with van der Waals surface area (Å²) in [6, 6.07) is 0. The molecule has 0 saturated carbocycles. The molecule has 1 unspecified atom stereocenters. The molecule has 4 heteroatoms. The summed E-state index contributed by atoms with van der Waals surface area (Å²) in [5, 5.41) is 0. The van der Waals surface area contributed by atoms with E-state index in [1.54, 1.807) is 6.20 Å². The normalized spacial score (nSPS) is 12.5. The van der Waals surface area contributed by atoms with Crippen molar-refractivity contribution in [2.75, 3.05) is 0 Å². The van der Waals surface area contributed by atoms with Gasteiger partial charge in [-0.3, -0.25) is 9.36 Å². The van der Waals surface area contributed by atoms with Crippen LogP contribution in [0.1, 0.15) is 32.8 Å². The van der Waals surface area contributed by atoms with E-state index in [0.717, 1.165) is 12.2 Å². The maximum absolute atomic E-state index is 10.7. The Hall–Kier alpha value is -1.32. The van der Waals surface area contributed by atoms with Gasteiger partial charge in [0.2, 0.25) is 0 Å². The summed E-state index contributed by atoms with van der Waals surface area (Å²) in [6.45, 7) is 5.24. The number of rotatable bonds is 3. The summed E-state index contributed by atoms with van der Waals surface area (Å²) < 4.78 is 6.87. The number of carbonyl (C=O) groups is 1. The number of hydrogen-bond donors (Lipinski definition) is 0. The quantitative estimate of drug-likeness (QED) is 0.666. The van der Waals surface area contributed by atoms with E-state index < -0.39 is 0 Å². The highest BCUT2D eigenvalue weighted by atomic mass is 16.6. The first-order valence-electron chi connectivity index (χ1n) is 4.34. The van der Waals surface area contributed by atoms with Gasteiger partial charge in [-0.2, -0.15) is 0 Å². The minimum atomic E-state index is -0.275. The van der Waals surface area contributed by atoms with Crippen LogP contribution >= 0.6 is 0 Å². The van der Waals surface area contributed by atoms with E-state index >= 15 is 0 Å². The monoisotopic (exact) mass is 182 g/mol. The molecule has 1 aromatic heterocycles. The van der Waals surface area contributed by atoms with E-state index in [0.29, 0.717) is 0 Å². The van der Waals surface area contributed by atoms with Crippen molar-refractivity contribution in [1.29, 1.82) is 0 Å². The van der Waals surface area contributed by atoms with Crippen molar-refractivity contribution in [1.82, 2.24) is 9.55 Å². The molecule has 0 aromatic carbocycles. The molecule has 0 aliphatic heterocycles. The molecule has 0 radical (unpaired) electrons. The van der Waals surface area contributed by atoms with Gasteiger partial charge in [-0.05, 0) is 6.92 Å². The van der Waals surface area contributed by atoms with Crippen LogP contribution in [0.4, 0.5) is 0 Å². The van der Waals surface area contributed by atoms with Crippen LogP contribution in [0, 0.1) is 0 Å². The van der Waals surface area contributed by atoms with E-state index in [1.165, 1.54) is 6.92 Å². The highest BCUT2D eigenvalue weighted by molar-refractivity contribution is 5.65. The molecular weight excluding hydrogens is 168 g/mol. The van der Waals surface area contributed by atoms with Crippen molar-refractivity contribution < 1.29 is 9.53 Å². The highest BCUT2D eigenvalue weighted by Gasteiger charge is 2.10. The molecule has 0 aliphatic carbocycles. The second-order valence-corrected chi connectivity index (χ2v) is 2.81. The van der Waals surface area contributed by atoms with Crippen LogP contribution in [0.15, 0.2) is 12.4 Å². The van der Waals surface area contributed by atoms with Gasteiger partial charge in [-0.1, -0.05) is 6.92 Å². The van der Waals surface area contributed by atoms with Crippen molar-refractivity contribution in [2.24, 2.45) is 0 Å². The zero-order chi connectivity index (χ0) is 9.84. The topological polar surface area (TPSA) is 44.1 Å². The van der Waals surface area contributed by atoms with Gasteiger partial charge in [-0.25, -0.2) is 4.98 Å². The van der Waals surface area contributed by atoms with Gasteiger partial charge in [0.15, 0.2) is 6.23 Å². The van der Waals surface area contributed by atoms with Crippen LogP contribution in [-0.4, -0.2) is 15.5 Å². The largest absolute Gasteiger partial charge is 0.442 e. The molecule has 0 N–H and O–H groups in total. The summed E-state index contributed by atoms with van der Waals surface area (Å²) in [5.74, 6) is 0.650. The van der Waals surface area contributed by atoms with Gasteiger partial charge < -0.3 is 4.74 Å². The third kappa shape index (κ3) is 2.31. The average molecular weight is 182 g/mol. The van der Waals surface area contributed by atoms with E-state index in [4.69, 9.17) is 4.74 Å². The number of aromatic nitrogens is 2. The summed E-state index contributed by atoms with van der Waals surface area (Å²) in [5.41, 5.74) is 0. The molecule has 1 rings (SSSR count). The number of esters is 1. The Balaban J connectivity index is 2.75. The molecule has 0 amide bonds. The minimum Gasteiger partial charge on any atom is -0.442 e. The number of imidazole rings is 1. The Kier molecular flexibility index (Phi) is 3.06. The molecule has 0 spiro atoms. The zero-order valence-electron chi connectivity index (χ0n) is 8.15. The molecule has 0 saturated heterocycles. The Morgan fingerprint density at radius 3 is 3.00 bits per heavy atom. The molecule has 4 nitrogen and oxygen atoms in total. The third-order valence-electron chi connectivity index (χ3n) is 1.79. The predicted octanol–water partition coefficient (Wildman–Crippen LogP) is 1.53. The Morgan fingerprint density at radius 2 is 2.46 bits per heavy atom. The van der Waals surface area contributed by atoms with Gasteiger partial charge in [0.25, 0.3) is 0 Å². The lowest BCUT2D eigenvalue weighted by Gasteiger charge is -2.15. The summed E-state index contributed by atoms with van der Waals surface area (Å²) in [4.78, 5) is 14.8. The Bertz CT molecular complexity index is 294. The van der Waals surface area contributed by atoms with Gasteiger partial charge in [0.05, 0.1) is 0 Å². The Morgan fingerprint density at radius 1 is 1.77 bits per heavy atom. The molecule has 13 heavy (non-hydrogen) atoms. The molecule has 1 aromatic rings. The zero-order valence-corrected chi connectivity index (χ0v) is 8.15. The average Bonchev–Trinajstić information content (AvgIpc) is 2.49. The highest BCUT2D eigenvalue weighted by Crippen LogP contribution is 2.10. The van der Waals surface area contributed by atoms with Crippen LogP contribution in [0.2, 0.25) is 0 Å². The van der Waals surface area contributed by atoms with Gasteiger partial charge in [-0.15, -0.1) is 0 Å². The standard InChI is InChI=1S/C9H14N2O2/c1-4-9-10-5-6-11(9)7(2)13-8(3)12/h5-7H,4H2,1-3H3. The van der Waals surface area contributed by atoms with Gasteiger partial charge >= 0.3 is 5.97 Å². The molecule has 0 bridgehead atoms. The molecule has 72 valence electrons. The fourth-order valence-electron chi connectivity index (χ4n) is 1.25. The lowest BCUT2D eigenvalue weighted by Crippen LogP contribution is -2.14. The third-order valence-corrected chi connectivity index (χ3v) is 1.79. The maximum atomic E-state index is 10.7. The first-order valence-corrected chi connectivity index (χ1v) is 4.34. The van der Waals surface area contributed by atoms with Crippen LogP contribution in [0.5, 0.6) is 0 Å². The smallest absolute Gasteiger partial charge is 0.304 e. The van der Waals surface area contributed by atoms with Crippen LogP contribution < -0.4 is 0 Å². The summed E-state index contributed by atoms with van der Waals surface area (Å²) in [7, 11) is 0. The summed E-state index contributed by atoms with van der Waals surface area (Å²) >= 11 is 0. The van der Waals surface area contributed by atoms with Crippen molar-refractivity contribution in [3.05, 3.63) is 18.2 Å².